The molecule has 0 unspecified atom stereocenters. The summed E-state index contributed by atoms with van der Waals surface area (Å²) < 4.78 is 26.9. The molecule has 3 nitrogen and oxygen atoms in total. The highest BCUT2D eigenvalue weighted by molar-refractivity contribution is 7.92. The molecule has 1 N–H and O–H groups in total. The Balaban J connectivity index is 2.17. The van der Waals surface area contributed by atoms with Gasteiger partial charge in [0.25, 0.3) is 10.0 Å². The third-order valence-corrected chi connectivity index (χ3v) is 4.52. The molecule has 0 bridgehead atoms. The van der Waals surface area contributed by atoms with Gasteiger partial charge in [0, 0.05) is 10.7 Å². The number of rotatable bonds is 5. The second-order valence-corrected chi connectivity index (χ2v) is 6.63. The van der Waals surface area contributed by atoms with Gasteiger partial charge in [-0.3, -0.25) is 4.72 Å². The van der Waals surface area contributed by atoms with Gasteiger partial charge in [-0.2, -0.15) is 0 Å². The van der Waals surface area contributed by atoms with Crippen molar-refractivity contribution in [3.05, 3.63) is 59.1 Å². The average Bonchev–Trinajstić information content (AvgIpc) is 2.41. The van der Waals surface area contributed by atoms with Crippen molar-refractivity contribution in [3.8, 4) is 0 Å². The summed E-state index contributed by atoms with van der Waals surface area (Å²) in [6.45, 7) is 2.11. The topological polar surface area (TPSA) is 46.2 Å². The van der Waals surface area contributed by atoms with Crippen molar-refractivity contribution in [3.63, 3.8) is 0 Å². The van der Waals surface area contributed by atoms with E-state index in [0.717, 1.165) is 12.8 Å². The van der Waals surface area contributed by atoms with E-state index in [1.165, 1.54) is 17.7 Å². The molecule has 0 aliphatic heterocycles. The molecule has 0 spiro atoms. The predicted molar refractivity (Wildman–Crippen MR) is 82.7 cm³/mol. The molecule has 2 aromatic rings. The summed E-state index contributed by atoms with van der Waals surface area (Å²) in [7, 11) is -3.56. The highest BCUT2D eigenvalue weighted by Crippen LogP contribution is 2.19. The molecule has 0 atom stereocenters. The molecule has 0 amide bonds. The summed E-state index contributed by atoms with van der Waals surface area (Å²) >= 11 is 5.75. The second-order valence-electron chi connectivity index (χ2n) is 4.51. The largest absolute Gasteiger partial charge is 0.280 e. The average molecular weight is 310 g/mol. The first-order valence-corrected chi connectivity index (χ1v) is 8.25. The van der Waals surface area contributed by atoms with Crippen molar-refractivity contribution in [2.24, 2.45) is 0 Å². The van der Waals surface area contributed by atoms with E-state index in [0.29, 0.717) is 10.7 Å². The van der Waals surface area contributed by atoms with Crippen LogP contribution in [0.15, 0.2) is 53.4 Å². The van der Waals surface area contributed by atoms with Crippen LogP contribution in [0.4, 0.5) is 5.69 Å². The molecule has 0 heterocycles. The monoisotopic (exact) mass is 309 g/mol. The van der Waals surface area contributed by atoms with E-state index in [-0.39, 0.29) is 4.90 Å². The van der Waals surface area contributed by atoms with Crippen LogP contribution in [-0.4, -0.2) is 8.42 Å². The lowest BCUT2D eigenvalue weighted by Crippen LogP contribution is -2.12. The third kappa shape index (κ3) is 3.74. The number of halogens is 1. The van der Waals surface area contributed by atoms with E-state index in [2.05, 4.69) is 11.6 Å². The Kier molecular flexibility index (Phi) is 4.68. The second kappa shape index (κ2) is 6.29. The fourth-order valence-electron chi connectivity index (χ4n) is 1.86. The maximum absolute atomic E-state index is 12.2. The van der Waals surface area contributed by atoms with E-state index in [4.69, 9.17) is 11.6 Å². The van der Waals surface area contributed by atoms with Crippen molar-refractivity contribution in [2.75, 3.05) is 4.72 Å². The molecule has 2 rings (SSSR count). The number of benzene rings is 2. The fraction of sp³-hybridized carbons (Fsp3) is 0.200. The van der Waals surface area contributed by atoms with E-state index >= 15 is 0 Å². The van der Waals surface area contributed by atoms with Crippen molar-refractivity contribution in [1.29, 1.82) is 0 Å². The normalized spacial score (nSPS) is 11.3. The van der Waals surface area contributed by atoms with Gasteiger partial charge in [0.2, 0.25) is 0 Å². The number of anilines is 1. The predicted octanol–water partition coefficient (Wildman–Crippen LogP) is 4.09. The number of sulfonamides is 1. The molecule has 0 fully saturated rings. The maximum Gasteiger partial charge on any atom is 0.261 e. The zero-order chi connectivity index (χ0) is 14.6. The van der Waals surface area contributed by atoms with Gasteiger partial charge in [0.15, 0.2) is 0 Å². The highest BCUT2D eigenvalue weighted by atomic mass is 35.5. The Morgan fingerprint density at radius 1 is 1.00 bits per heavy atom. The minimum atomic E-state index is -3.56. The van der Waals surface area contributed by atoms with Crippen molar-refractivity contribution in [1.82, 2.24) is 0 Å². The van der Waals surface area contributed by atoms with Crippen LogP contribution in [0.2, 0.25) is 5.02 Å². The zero-order valence-corrected chi connectivity index (χ0v) is 12.7. The molecule has 0 saturated carbocycles. The van der Waals surface area contributed by atoms with Crippen LogP contribution in [-0.2, 0) is 16.4 Å². The Morgan fingerprint density at radius 2 is 1.60 bits per heavy atom. The van der Waals surface area contributed by atoms with E-state index < -0.39 is 10.0 Å². The first-order chi connectivity index (χ1) is 9.51. The van der Waals surface area contributed by atoms with Gasteiger partial charge in [0.1, 0.15) is 0 Å². The lowest BCUT2D eigenvalue weighted by molar-refractivity contribution is 0.601. The van der Waals surface area contributed by atoms with Gasteiger partial charge in [-0.15, -0.1) is 0 Å². The molecule has 5 heteroatoms. The lowest BCUT2D eigenvalue weighted by atomic mass is 10.1. The summed E-state index contributed by atoms with van der Waals surface area (Å²) in [4.78, 5) is 0.194. The van der Waals surface area contributed by atoms with E-state index in [9.17, 15) is 8.42 Å². The van der Waals surface area contributed by atoms with Gasteiger partial charge < -0.3 is 0 Å². The van der Waals surface area contributed by atoms with Crippen LogP contribution in [0.1, 0.15) is 18.9 Å². The Morgan fingerprint density at radius 3 is 2.15 bits per heavy atom. The first-order valence-electron chi connectivity index (χ1n) is 6.38. The number of aryl methyl sites for hydroxylation is 1. The lowest BCUT2D eigenvalue weighted by Gasteiger charge is -2.09. The van der Waals surface area contributed by atoms with Gasteiger partial charge in [0.05, 0.1) is 4.90 Å². The minimum Gasteiger partial charge on any atom is -0.280 e. The number of nitrogens with one attached hydrogen (secondary N) is 1. The van der Waals surface area contributed by atoms with Gasteiger partial charge in [-0.1, -0.05) is 37.1 Å². The van der Waals surface area contributed by atoms with Crippen LogP contribution in [0.25, 0.3) is 0 Å². The highest BCUT2D eigenvalue weighted by Gasteiger charge is 2.13. The molecule has 0 saturated heterocycles. The molecule has 0 aliphatic carbocycles. The van der Waals surface area contributed by atoms with Gasteiger partial charge >= 0.3 is 0 Å². The zero-order valence-electron chi connectivity index (χ0n) is 11.1. The summed E-state index contributed by atoms with van der Waals surface area (Å²) in [5, 5.41) is 0.507. The van der Waals surface area contributed by atoms with Gasteiger partial charge in [-0.25, -0.2) is 8.42 Å². The standard InChI is InChI=1S/C15H16ClNO2S/c1-2-3-12-4-8-14(9-5-12)17-20(18,19)15-10-6-13(16)7-11-15/h4-11,17H,2-3H2,1H3. The Hall–Kier alpha value is -1.52. The summed E-state index contributed by atoms with van der Waals surface area (Å²) in [5.74, 6) is 0. The van der Waals surface area contributed by atoms with Gasteiger partial charge in [-0.05, 0) is 48.4 Å². The molecule has 20 heavy (non-hydrogen) atoms. The number of hydrogen-bond donors (Lipinski definition) is 1. The smallest absolute Gasteiger partial charge is 0.261 e. The van der Waals surface area contributed by atoms with Crippen LogP contribution in [0.3, 0.4) is 0 Å². The molecule has 106 valence electrons. The molecule has 0 radical (unpaired) electrons. The number of hydrogen-bond acceptors (Lipinski definition) is 2. The quantitative estimate of drug-likeness (QED) is 0.904. The summed E-state index contributed by atoms with van der Waals surface area (Å²) in [6, 6.07) is 13.5. The maximum atomic E-state index is 12.2. The molecule has 2 aromatic carbocycles. The van der Waals surface area contributed by atoms with Crippen molar-refractivity contribution < 1.29 is 8.42 Å². The molecule has 0 aliphatic rings. The van der Waals surface area contributed by atoms with E-state index in [1.807, 2.05) is 12.1 Å². The molecular formula is C15H16ClNO2S. The van der Waals surface area contributed by atoms with E-state index in [1.54, 1.807) is 24.3 Å². The van der Waals surface area contributed by atoms with Crippen LogP contribution in [0.5, 0.6) is 0 Å². The van der Waals surface area contributed by atoms with Crippen LogP contribution < -0.4 is 4.72 Å². The molecular weight excluding hydrogens is 294 g/mol. The van der Waals surface area contributed by atoms with Crippen molar-refractivity contribution >= 4 is 27.3 Å². The summed E-state index contributed by atoms with van der Waals surface area (Å²) in [5.41, 5.74) is 1.75. The first kappa shape index (κ1) is 14.9. The SMILES string of the molecule is CCCc1ccc(NS(=O)(=O)c2ccc(Cl)cc2)cc1. The van der Waals surface area contributed by atoms with Crippen LogP contribution in [0, 0.1) is 0 Å². The minimum absolute atomic E-state index is 0.194. The Bertz CT molecular complexity index is 664. The fourth-order valence-corrected chi connectivity index (χ4v) is 3.04. The van der Waals surface area contributed by atoms with Crippen molar-refractivity contribution in [2.45, 2.75) is 24.7 Å². The molecule has 0 aromatic heterocycles. The summed E-state index contributed by atoms with van der Waals surface area (Å²) in [6.07, 6.45) is 2.06. The third-order valence-electron chi connectivity index (χ3n) is 2.87. The Labute approximate surface area is 124 Å². The van der Waals surface area contributed by atoms with Crippen LogP contribution >= 0.6 is 11.6 Å².